The Bertz CT molecular complexity index is 454. The van der Waals surface area contributed by atoms with E-state index in [2.05, 4.69) is 0 Å². The third-order valence-electron chi connectivity index (χ3n) is 2.75. The smallest absolute Gasteiger partial charge is 0.239 e. The molecule has 0 saturated heterocycles. The van der Waals surface area contributed by atoms with Gasteiger partial charge in [-0.25, -0.2) is 0 Å². The summed E-state index contributed by atoms with van der Waals surface area (Å²) in [4.78, 5) is 24.7. The van der Waals surface area contributed by atoms with E-state index in [0.29, 0.717) is 6.54 Å². The summed E-state index contributed by atoms with van der Waals surface area (Å²) < 4.78 is 0. The van der Waals surface area contributed by atoms with Crippen LogP contribution in [0.5, 0.6) is 0 Å². The molecular weight excluding hydrogens is 216 g/mol. The van der Waals surface area contributed by atoms with Crippen molar-refractivity contribution in [1.29, 1.82) is 0 Å². The second kappa shape index (κ2) is 4.93. The minimum Gasteiger partial charge on any atom is -0.368 e. The maximum Gasteiger partial charge on any atom is 0.239 e. The molecule has 1 amide bonds. The van der Waals surface area contributed by atoms with Crippen LogP contribution < -0.4 is 5.73 Å². The van der Waals surface area contributed by atoms with E-state index < -0.39 is 11.9 Å². The summed E-state index contributed by atoms with van der Waals surface area (Å²) in [7, 11) is 0. The molecule has 0 aromatic heterocycles. The van der Waals surface area contributed by atoms with Crippen LogP contribution in [-0.4, -0.2) is 29.7 Å². The molecule has 0 radical (unpaired) electrons. The molecule has 1 aliphatic heterocycles. The molecule has 1 aromatic rings. The van der Waals surface area contributed by atoms with Crippen LogP contribution in [-0.2, 0) is 9.59 Å². The van der Waals surface area contributed by atoms with E-state index in [0.717, 1.165) is 5.56 Å². The Balaban J connectivity index is 2.27. The highest BCUT2D eigenvalue weighted by atomic mass is 16.1. The minimum absolute atomic E-state index is 0.00145. The number of nitrogens with two attached hydrogens (primary N) is 1. The molecule has 17 heavy (non-hydrogen) atoms. The Morgan fingerprint density at radius 2 is 2.00 bits per heavy atom. The van der Waals surface area contributed by atoms with Crippen molar-refractivity contribution in [2.24, 2.45) is 5.73 Å². The van der Waals surface area contributed by atoms with Crippen molar-refractivity contribution in [1.82, 2.24) is 4.90 Å². The third-order valence-corrected chi connectivity index (χ3v) is 2.75. The van der Waals surface area contributed by atoms with Crippen LogP contribution in [0.3, 0.4) is 0 Å². The topological polar surface area (TPSA) is 63.4 Å². The molecule has 4 nitrogen and oxygen atoms in total. The number of amides is 1. The Morgan fingerprint density at radius 3 is 2.59 bits per heavy atom. The second-order valence-electron chi connectivity index (χ2n) is 4.01. The van der Waals surface area contributed by atoms with Gasteiger partial charge in [-0.05, 0) is 11.6 Å². The number of hydrogen-bond donors (Lipinski definition) is 1. The average molecular weight is 230 g/mol. The Labute approximate surface area is 99.7 Å². The molecule has 0 saturated carbocycles. The van der Waals surface area contributed by atoms with Crippen molar-refractivity contribution < 1.29 is 9.59 Å². The SMILES string of the molecule is NC(=O)C(c1ccccc1)N1CC=CC(=O)C1. The molecule has 1 aliphatic rings. The van der Waals surface area contributed by atoms with Gasteiger partial charge in [0, 0.05) is 6.54 Å². The molecule has 0 bridgehead atoms. The first-order valence-corrected chi connectivity index (χ1v) is 5.46. The fourth-order valence-corrected chi connectivity index (χ4v) is 2.02. The number of benzene rings is 1. The Hall–Kier alpha value is -1.94. The predicted molar refractivity (Wildman–Crippen MR) is 64.1 cm³/mol. The molecule has 0 spiro atoms. The van der Waals surface area contributed by atoms with Gasteiger partial charge in [-0.2, -0.15) is 0 Å². The number of ketones is 1. The summed E-state index contributed by atoms with van der Waals surface area (Å²) in [6, 6.07) is 8.74. The predicted octanol–water partition coefficient (Wildman–Crippen LogP) is 0.654. The first-order valence-electron chi connectivity index (χ1n) is 5.46. The van der Waals surface area contributed by atoms with Gasteiger partial charge in [-0.15, -0.1) is 0 Å². The van der Waals surface area contributed by atoms with Crippen LogP contribution in [0.2, 0.25) is 0 Å². The van der Waals surface area contributed by atoms with Gasteiger partial charge in [-0.3, -0.25) is 14.5 Å². The van der Waals surface area contributed by atoms with E-state index in [1.54, 1.807) is 17.1 Å². The number of hydrogen-bond acceptors (Lipinski definition) is 3. The summed E-state index contributed by atoms with van der Waals surface area (Å²) in [6.07, 6.45) is 3.30. The van der Waals surface area contributed by atoms with Crippen LogP contribution in [0.1, 0.15) is 11.6 Å². The van der Waals surface area contributed by atoms with Crippen molar-refractivity contribution in [3.63, 3.8) is 0 Å². The normalized spacial score (nSPS) is 18.0. The van der Waals surface area contributed by atoms with Crippen LogP contribution in [0, 0.1) is 0 Å². The molecule has 1 unspecified atom stereocenters. The standard InChI is InChI=1S/C13H14N2O2/c14-13(17)12(10-5-2-1-3-6-10)15-8-4-7-11(16)9-15/h1-7,12H,8-9H2,(H2,14,17). The lowest BCUT2D eigenvalue weighted by atomic mass is 10.0. The molecule has 1 aromatic carbocycles. The summed E-state index contributed by atoms with van der Waals surface area (Å²) in [5, 5.41) is 0. The summed E-state index contributed by atoms with van der Waals surface area (Å²) in [6.45, 7) is 0.799. The van der Waals surface area contributed by atoms with Crippen molar-refractivity contribution in [3.05, 3.63) is 48.0 Å². The summed E-state index contributed by atoms with van der Waals surface area (Å²) in [5.74, 6) is -0.433. The number of carbonyl (C=O) groups is 2. The fourth-order valence-electron chi connectivity index (χ4n) is 2.02. The van der Waals surface area contributed by atoms with E-state index in [-0.39, 0.29) is 12.3 Å². The number of carbonyl (C=O) groups excluding carboxylic acids is 2. The number of primary amides is 1. The number of nitrogens with zero attached hydrogens (tertiary/aromatic N) is 1. The monoisotopic (exact) mass is 230 g/mol. The maximum atomic E-state index is 11.6. The largest absolute Gasteiger partial charge is 0.368 e. The lowest BCUT2D eigenvalue weighted by Gasteiger charge is -2.29. The molecule has 88 valence electrons. The molecular formula is C13H14N2O2. The quantitative estimate of drug-likeness (QED) is 0.829. The third kappa shape index (κ3) is 2.60. The van der Waals surface area contributed by atoms with Gasteiger partial charge in [0.15, 0.2) is 5.78 Å². The van der Waals surface area contributed by atoms with Crippen LogP contribution in [0.25, 0.3) is 0 Å². The molecule has 0 fully saturated rings. The van der Waals surface area contributed by atoms with E-state index >= 15 is 0 Å². The zero-order valence-electron chi connectivity index (χ0n) is 9.37. The van der Waals surface area contributed by atoms with Gasteiger partial charge in [-0.1, -0.05) is 36.4 Å². The highest BCUT2D eigenvalue weighted by Crippen LogP contribution is 2.21. The van der Waals surface area contributed by atoms with Crippen molar-refractivity contribution >= 4 is 11.7 Å². The highest BCUT2D eigenvalue weighted by molar-refractivity contribution is 5.93. The van der Waals surface area contributed by atoms with Gasteiger partial charge < -0.3 is 5.73 Å². The van der Waals surface area contributed by atoms with Gasteiger partial charge in [0.25, 0.3) is 0 Å². The molecule has 1 atom stereocenters. The molecule has 1 heterocycles. The average Bonchev–Trinajstić information content (AvgIpc) is 2.30. The zero-order chi connectivity index (χ0) is 12.3. The van der Waals surface area contributed by atoms with E-state index in [1.807, 2.05) is 30.3 Å². The molecule has 2 rings (SSSR count). The van der Waals surface area contributed by atoms with Gasteiger partial charge in [0.05, 0.1) is 6.54 Å². The highest BCUT2D eigenvalue weighted by Gasteiger charge is 2.27. The van der Waals surface area contributed by atoms with Crippen molar-refractivity contribution in [2.75, 3.05) is 13.1 Å². The van der Waals surface area contributed by atoms with Crippen LogP contribution >= 0.6 is 0 Å². The molecule has 4 heteroatoms. The minimum atomic E-state index is -0.537. The Morgan fingerprint density at radius 1 is 1.29 bits per heavy atom. The zero-order valence-corrected chi connectivity index (χ0v) is 9.37. The molecule has 0 aliphatic carbocycles. The van der Waals surface area contributed by atoms with Crippen LogP contribution in [0.4, 0.5) is 0 Å². The number of rotatable bonds is 3. The molecule has 2 N–H and O–H groups in total. The van der Waals surface area contributed by atoms with Gasteiger partial charge in [0.2, 0.25) is 5.91 Å². The fraction of sp³-hybridized carbons (Fsp3) is 0.231. The second-order valence-corrected chi connectivity index (χ2v) is 4.01. The lowest BCUT2D eigenvalue weighted by molar-refractivity contribution is -0.125. The first kappa shape index (κ1) is 11.5. The van der Waals surface area contributed by atoms with Gasteiger partial charge in [0.1, 0.15) is 6.04 Å². The summed E-state index contributed by atoms with van der Waals surface area (Å²) in [5.41, 5.74) is 6.25. The first-order chi connectivity index (χ1) is 8.18. The maximum absolute atomic E-state index is 11.6. The van der Waals surface area contributed by atoms with E-state index in [4.69, 9.17) is 5.73 Å². The van der Waals surface area contributed by atoms with Crippen molar-refractivity contribution in [2.45, 2.75) is 6.04 Å². The van der Waals surface area contributed by atoms with Crippen LogP contribution in [0.15, 0.2) is 42.5 Å². The summed E-state index contributed by atoms with van der Waals surface area (Å²) >= 11 is 0. The Kier molecular flexibility index (Phi) is 3.35. The van der Waals surface area contributed by atoms with E-state index in [1.165, 1.54) is 0 Å². The van der Waals surface area contributed by atoms with Crippen molar-refractivity contribution in [3.8, 4) is 0 Å². The van der Waals surface area contributed by atoms with Gasteiger partial charge >= 0.3 is 0 Å². The van der Waals surface area contributed by atoms with E-state index in [9.17, 15) is 9.59 Å². The lowest BCUT2D eigenvalue weighted by Crippen LogP contribution is -2.42.